The van der Waals surface area contributed by atoms with Crippen LogP contribution in [0.5, 0.6) is 0 Å². The van der Waals surface area contributed by atoms with Gasteiger partial charge in [0.25, 0.3) is 9.05 Å². The smallest absolute Gasteiger partial charge is 0.261 e. The Morgan fingerprint density at radius 3 is 2.41 bits per heavy atom. The van der Waals surface area contributed by atoms with Crippen molar-refractivity contribution < 1.29 is 13.5 Å². The minimum atomic E-state index is -3.73. The molecular formula is C12H15ClO3S. The summed E-state index contributed by atoms with van der Waals surface area (Å²) in [6.45, 7) is 0. The summed E-state index contributed by atoms with van der Waals surface area (Å²) in [5.41, 5.74) is -0.241. The first-order chi connectivity index (χ1) is 7.92. The van der Waals surface area contributed by atoms with Crippen LogP contribution in [0.25, 0.3) is 0 Å². The molecule has 0 aromatic heterocycles. The van der Waals surface area contributed by atoms with E-state index in [0.717, 1.165) is 19.3 Å². The highest BCUT2D eigenvalue weighted by atomic mass is 35.7. The maximum atomic E-state index is 11.3. The molecule has 1 saturated carbocycles. The second kappa shape index (κ2) is 4.59. The number of hydrogen-bond donors (Lipinski definition) is 1. The molecule has 0 bridgehead atoms. The molecule has 0 radical (unpaired) electrons. The van der Waals surface area contributed by atoms with Gasteiger partial charge < -0.3 is 5.11 Å². The van der Waals surface area contributed by atoms with Crippen molar-refractivity contribution >= 4 is 19.7 Å². The van der Waals surface area contributed by atoms with Crippen molar-refractivity contribution in [3.05, 3.63) is 29.8 Å². The Balaban J connectivity index is 2.39. The second-order valence-electron chi connectivity index (χ2n) is 4.56. The summed E-state index contributed by atoms with van der Waals surface area (Å²) in [6, 6.07) is 6.31. The Bertz CT molecular complexity index is 504. The maximum Gasteiger partial charge on any atom is 0.261 e. The third kappa shape index (κ3) is 2.81. The van der Waals surface area contributed by atoms with E-state index in [9.17, 15) is 13.5 Å². The standard InChI is InChI=1S/C12H15ClO3S/c13-17(15,16)11-6-4-5-10(9-11)12(14)7-2-1-3-8-12/h4-6,9,14H,1-3,7-8H2. The zero-order valence-corrected chi connectivity index (χ0v) is 11.0. The molecule has 5 heteroatoms. The van der Waals surface area contributed by atoms with Gasteiger partial charge in [0, 0.05) is 10.7 Å². The van der Waals surface area contributed by atoms with Gasteiger partial charge in [-0.05, 0) is 30.5 Å². The summed E-state index contributed by atoms with van der Waals surface area (Å²) in [5.74, 6) is 0. The maximum absolute atomic E-state index is 11.3. The average molecular weight is 275 g/mol. The Hall–Kier alpha value is -0.580. The van der Waals surface area contributed by atoms with Crippen molar-refractivity contribution in [2.24, 2.45) is 0 Å². The molecule has 3 nitrogen and oxygen atoms in total. The third-order valence-corrected chi connectivity index (χ3v) is 4.69. The van der Waals surface area contributed by atoms with Crippen molar-refractivity contribution in [1.29, 1.82) is 0 Å². The van der Waals surface area contributed by atoms with Crippen LogP contribution in [-0.2, 0) is 14.7 Å². The summed E-state index contributed by atoms with van der Waals surface area (Å²) < 4.78 is 22.5. The van der Waals surface area contributed by atoms with E-state index in [4.69, 9.17) is 10.7 Å². The highest BCUT2D eigenvalue weighted by Gasteiger charge is 2.31. The summed E-state index contributed by atoms with van der Waals surface area (Å²) in [5, 5.41) is 10.5. The van der Waals surface area contributed by atoms with Crippen LogP contribution in [0.2, 0.25) is 0 Å². The van der Waals surface area contributed by atoms with Crippen LogP contribution in [0.4, 0.5) is 0 Å². The van der Waals surface area contributed by atoms with E-state index in [0.29, 0.717) is 18.4 Å². The normalized spacial score (nSPS) is 20.1. The summed E-state index contributed by atoms with van der Waals surface area (Å²) in [6.07, 6.45) is 4.41. The lowest BCUT2D eigenvalue weighted by molar-refractivity contribution is -0.000809. The number of benzene rings is 1. The van der Waals surface area contributed by atoms with E-state index >= 15 is 0 Å². The molecule has 0 atom stereocenters. The highest BCUT2D eigenvalue weighted by Crippen LogP contribution is 2.37. The first-order valence-electron chi connectivity index (χ1n) is 5.69. The van der Waals surface area contributed by atoms with Crippen molar-refractivity contribution in [3.8, 4) is 0 Å². The molecule has 0 amide bonds. The van der Waals surface area contributed by atoms with Crippen LogP contribution >= 0.6 is 10.7 Å². The van der Waals surface area contributed by atoms with Crippen LogP contribution in [-0.4, -0.2) is 13.5 Å². The average Bonchev–Trinajstić information content (AvgIpc) is 2.29. The third-order valence-electron chi connectivity index (χ3n) is 3.33. The lowest BCUT2D eigenvalue weighted by Crippen LogP contribution is -2.28. The van der Waals surface area contributed by atoms with Crippen molar-refractivity contribution in [3.63, 3.8) is 0 Å². The minimum absolute atomic E-state index is 0.0515. The van der Waals surface area contributed by atoms with Crippen molar-refractivity contribution in [2.75, 3.05) is 0 Å². The lowest BCUT2D eigenvalue weighted by atomic mass is 9.80. The van der Waals surface area contributed by atoms with E-state index in [1.807, 2.05) is 0 Å². The van der Waals surface area contributed by atoms with Gasteiger partial charge in [0.05, 0.1) is 10.5 Å². The molecule has 1 aliphatic carbocycles. The molecule has 94 valence electrons. The second-order valence-corrected chi connectivity index (χ2v) is 7.12. The number of hydrogen-bond acceptors (Lipinski definition) is 3. The molecule has 0 aliphatic heterocycles. The van der Waals surface area contributed by atoms with Crippen LogP contribution in [0.1, 0.15) is 37.7 Å². The summed E-state index contributed by atoms with van der Waals surface area (Å²) in [7, 11) is 1.58. The molecule has 0 unspecified atom stereocenters. The fourth-order valence-corrected chi connectivity index (χ4v) is 3.16. The minimum Gasteiger partial charge on any atom is -0.385 e. The summed E-state index contributed by atoms with van der Waals surface area (Å²) in [4.78, 5) is 0.0515. The summed E-state index contributed by atoms with van der Waals surface area (Å²) >= 11 is 0. The van der Waals surface area contributed by atoms with Crippen molar-refractivity contribution in [2.45, 2.75) is 42.6 Å². The molecule has 1 aliphatic rings. The number of aliphatic hydroxyl groups is 1. The van der Waals surface area contributed by atoms with Crippen LogP contribution in [0.3, 0.4) is 0 Å². The molecule has 0 heterocycles. The predicted octanol–water partition coefficient (Wildman–Crippen LogP) is 2.77. The zero-order valence-electron chi connectivity index (χ0n) is 9.39. The first kappa shape index (κ1) is 12.9. The molecule has 0 saturated heterocycles. The predicted molar refractivity (Wildman–Crippen MR) is 66.5 cm³/mol. The van der Waals surface area contributed by atoms with Crippen LogP contribution in [0, 0.1) is 0 Å². The van der Waals surface area contributed by atoms with Crippen LogP contribution in [0.15, 0.2) is 29.2 Å². The van der Waals surface area contributed by atoms with Gasteiger partial charge in [-0.15, -0.1) is 0 Å². The fraction of sp³-hybridized carbons (Fsp3) is 0.500. The van der Waals surface area contributed by atoms with E-state index in [2.05, 4.69) is 0 Å². The Labute approximate surface area is 106 Å². The fourth-order valence-electron chi connectivity index (χ4n) is 2.36. The molecule has 1 aromatic carbocycles. The van der Waals surface area contributed by atoms with Gasteiger partial charge in [-0.25, -0.2) is 8.42 Å². The monoisotopic (exact) mass is 274 g/mol. The zero-order chi connectivity index (χ0) is 12.5. The molecule has 1 N–H and O–H groups in total. The van der Waals surface area contributed by atoms with Gasteiger partial charge in [-0.1, -0.05) is 31.4 Å². The molecular weight excluding hydrogens is 260 g/mol. The molecule has 17 heavy (non-hydrogen) atoms. The van der Waals surface area contributed by atoms with Crippen LogP contribution < -0.4 is 0 Å². The van der Waals surface area contributed by atoms with Gasteiger partial charge in [0.15, 0.2) is 0 Å². The van der Waals surface area contributed by atoms with E-state index in [1.54, 1.807) is 12.1 Å². The topological polar surface area (TPSA) is 54.4 Å². The number of rotatable bonds is 2. The Kier molecular flexibility index (Phi) is 3.48. The van der Waals surface area contributed by atoms with Gasteiger partial charge in [-0.3, -0.25) is 0 Å². The molecule has 0 spiro atoms. The quantitative estimate of drug-likeness (QED) is 0.844. The molecule has 1 aromatic rings. The van der Waals surface area contributed by atoms with Gasteiger partial charge in [0.2, 0.25) is 0 Å². The lowest BCUT2D eigenvalue weighted by Gasteiger charge is -2.32. The van der Waals surface area contributed by atoms with Gasteiger partial charge in [-0.2, -0.15) is 0 Å². The SMILES string of the molecule is O=S(=O)(Cl)c1cccc(C2(O)CCCCC2)c1. The van der Waals surface area contributed by atoms with E-state index < -0.39 is 14.7 Å². The molecule has 2 rings (SSSR count). The van der Waals surface area contributed by atoms with E-state index in [1.165, 1.54) is 12.1 Å². The highest BCUT2D eigenvalue weighted by molar-refractivity contribution is 8.13. The molecule has 1 fully saturated rings. The van der Waals surface area contributed by atoms with Gasteiger partial charge >= 0.3 is 0 Å². The van der Waals surface area contributed by atoms with Gasteiger partial charge in [0.1, 0.15) is 0 Å². The Morgan fingerprint density at radius 1 is 1.18 bits per heavy atom. The first-order valence-corrected chi connectivity index (χ1v) is 8.00. The van der Waals surface area contributed by atoms with Crippen molar-refractivity contribution in [1.82, 2.24) is 0 Å². The largest absolute Gasteiger partial charge is 0.385 e. The Morgan fingerprint density at radius 2 is 1.82 bits per heavy atom. The van der Waals surface area contributed by atoms with E-state index in [-0.39, 0.29) is 4.90 Å². The number of halogens is 1.